The molecule has 0 aliphatic heterocycles. The minimum absolute atomic E-state index is 0.229. The molecule has 2 rings (SSSR count). The van der Waals surface area contributed by atoms with Gasteiger partial charge < -0.3 is 17.2 Å². The summed E-state index contributed by atoms with van der Waals surface area (Å²) in [6, 6.07) is 4.51. The number of nitrogens with two attached hydrogens (primary N) is 3. The zero-order chi connectivity index (χ0) is 14.9. The van der Waals surface area contributed by atoms with Crippen LogP contribution in [0.1, 0.15) is 11.1 Å². The standard InChI is InChI=1S/C12H14F3N5/c13-12(14,15)7-1-3-8(4-2-7)20-11(18)9(5-6-16)10(17)19-20/h1-4H,5-6,16,18H2,(H2,17,19). The molecule has 6 N–H and O–H groups in total. The third kappa shape index (κ3) is 2.55. The molecule has 20 heavy (non-hydrogen) atoms. The Labute approximate surface area is 113 Å². The van der Waals surface area contributed by atoms with Crippen LogP contribution >= 0.6 is 0 Å². The van der Waals surface area contributed by atoms with Crippen molar-refractivity contribution in [2.45, 2.75) is 12.6 Å². The van der Waals surface area contributed by atoms with Crippen LogP contribution in [-0.4, -0.2) is 16.3 Å². The minimum atomic E-state index is -4.38. The van der Waals surface area contributed by atoms with Gasteiger partial charge in [-0.1, -0.05) is 0 Å². The van der Waals surface area contributed by atoms with Gasteiger partial charge in [0.1, 0.15) is 5.82 Å². The molecule has 5 nitrogen and oxygen atoms in total. The molecule has 0 fully saturated rings. The highest BCUT2D eigenvalue weighted by atomic mass is 19.4. The Morgan fingerprint density at radius 2 is 1.70 bits per heavy atom. The molecule has 1 aromatic heterocycles. The maximum atomic E-state index is 12.5. The number of aromatic nitrogens is 2. The first-order chi connectivity index (χ1) is 9.34. The lowest BCUT2D eigenvalue weighted by molar-refractivity contribution is -0.137. The topological polar surface area (TPSA) is 95.9 Å². The molecule has 0 unspecified atom stereocenters. The minimum Gasteiger partial charge on any atom is -0.383 e. The van der Waals surface area contributed by atoms with Crippen LogP contribution in [0, 0.1) is 0 Å². The second-order valence-corrected chi connectivity index (χ2v) is 4.24. The molecule has 0 bridgehead atoms. The van der Waals surface area contributed by atoms with Crippen LogP contribution in [0.15, 0.2) is 24.3 Å². The average Bonchev–Trinajstić information content (AvgIpc) is 2.66. The monoisotopic (exact) mass is 285 g/mol. The third-order valence-electron chi connectivity index (χ3n) is 2.89. The molecule has 0 aliphatic carbocycles. The molecule has 8 heteroatoms. The van der Waals surface area contributed by atoms with Crippen LogP contribution in [0.2, 0.25) is 0 Å². The molecule has 1 heterocycles. The first-order valence-corrected chi connectivity index (χ1v) is 5.85. The van der Waals surface area contributed by atoms with Crippen molar-refractivity contribution in [3.8, 4) is 5.69 Å². The van der Waals surface area contributed by atoms with E-state index in [4.69, 9.17) is 17.2 Å². The van der Waals surface area contributed by atoms with Crippen LogP contribution in [-0.2, 0) is 12.6 Å². The van der Waals surface area contributed by atoms with Crippen LogP contribution < -0.4 is 17.2 Å². The molecule has 0 saturated heterocycles. The molecule has 2 aromatic rings. The van der Waals surface area contributed by atoms with Crippen molar-refractivity contribution in [1.82, 2.24) is 9.78 Å². The van der Waals surface area contributed by atoms with E-state index in [9.17, 15) is 13.2 Å². The van der Waals surface area contributed by atoms with Crippen LogP contribution in [0.3, 0.4) is 0 Å². The molecule has 1 aromatic carbocycles. The number of alkyl halides is 3. The van der Waals surface area contributed by atoms with Crippen molar-refractivity contribution >= 4 is 11.6 Å². The fraction of sp³-hybridized carbons (Fsp3) is 0.250. The molecule has 108 valence electrons. The van der Waals surface area contributed by atoms with E-state index in [1.165, 1.54) is 16.8 Å². The number of rotatable bonds is 3. The molecular weight excluding hydrogens is 271 g/mol. The summed E-state index contributed by atoms with van der Waals surface area (Å²) in [7, 11) is 0. The highest BCUT2D eigenvalue weighted by Crippen LogP contribution is 2.30. The lowest BCUT2D eigenvalue weighted by Gasteiger charge is -2.08. The Balaban J connectivity index is 2.40. The van der Waals surface area contributed by atoms with Gasteiger partial charge in [0.2, 0.25) is 0 Å². The Morgan fingerprint density at radius 3 is 2.20 bits per heavy atom. The Bertz CT molecular complexity index is 601. The lowest BCUT2D eigenvalue weighted by atomic mass is 10.2. The molecule has 0 saturated carbocycles. The van der Waals surface area contributed by atoms with Crippen LogP contribution in [0.5, 0.6) is 0 Å². The van der Waals surface area contributed by atoms with E-state index in [2.05, 4.69) is 5.10 Å². The van der Waals surface area contributed by atoms with Crippen molar-refractivity contribution in [3.63, 3.8) is 0 Å². The number of halogens is 3. The van der Waals surface area contributed by atoms with Gasteiger partial charge >= 0.3 is 6.18 Å². The van der Waals surface area contributed by atoms with Gasteiger partial charge in [-0.05, 0) is 37.2 Å². The molecule has 0 spiro atoms. The predicted octanol–water partition coefficient (Wildman–Crippen LogP) is 1.56. The summed E-state index contributed by atoms with van der Waals surface area (Å²) in [5, 5.41) is 4.02. The number of nitrogens with zero attached hydrogens (tertiary/aromatic N) is 2. The van der Waals surface area contributed by atoms with Gasteiger partial charge in [-0.2, -0.15) is 13.2 Å². The molecule has 0 aliphatic rings. The van der Waals surface area contributed by atoms with E-state index in [0.717, 1.165) is 12.1 Å². The van der Waals surface area contributed by atoms with Crippen molar-refractivity contribution in [1.29, 1.82) is 0 Å². The second-order valence-electron chi connectivity index (χ2n) is 4.24. The van der Waals surface area contributed by atoms with Crippen molar-refractivity contribution in [2.24, 2.45) is 5.73 Å². The van der Waals surface area contributed by atoms with Gasteiger partial charge in [0, 0.05) is 5.56 Å². The summed E-state index contributed by atoms with van der Waals surface area (Å²) in [6.45, 7) is 0.354. The molecular formula is C12H14F3N5. The number of anilines is 2. The van der Waals surface area contributed by atoms with E-state index in [1.54, 1.807) is 0 Å². The Kier molecular flexibility index (Phi) is 3.58. The number of hydrogen-bond acceptors (Lipinski definition) is 4. The first kappa shape index (κ1) is 14.2. The number of benzene rings is 1. The Hall–Kier alpha value is -2.22. The zero-order valence-electron chi connectivity index (χ0n) is 10.5. The summed E-state index contributed by atoms with van der Waals surface area (Å²) in [5.41, 5.74) is 17.3. The fourth-order valence-corrected chi connectivity index (χ4v) is 1.87. The Morgan fingerprint density at radius 1 is 1.10 bits per heavy atom. The van der Waals surface area contributed by atoms with Crippen LogP contribution in [0.4, 0.5) is 24.8 Å². The van der Waals surface area contributed by atoms with E-state index in [0.29, 0.717) is 24.2 Å². The molecule has 0 atom stereocenters. The second kappa shape index (κ2) is 5.04. The van der Waals surface area contributed by atoms with Gasteiger partial charge in [-0.3, -0.25) is 0 Å². The van der Waals surface area contributed by atoms with Gasteiger partial charge in [-0.15, -0.1) is 5.10 Å². The largest absolute Gasteiger partial charge is 0.416 e. The SMILES string of the molecule is NCCc1c(N)nn(-c2ccc(C(F)(F)F)cc2)c1N. The lowest BCUT2D eigenvalue weighted by Crippen LogP contribution is -2.08. The van der Waals surface area contributed by atoms with Crippen LogP contribution in [0.25, 0.3) is 5.69 Å². The van der Waals surface area contributed by atoms with Crippen molar-refractivity contribution < 1.29 is 13.2 Å². The normalized spacial score (nSPS) is 11.8. The zero-order valence-corrected chi connectivity index (χ0v) is 10.5. The van der Waals surface area contributed by atoms with Gasteiger partial charge in [0.25, 0.3) is 0 Å². The summed E-state index contributed by atoms with van der Waals surface area (Å²) < 4.78 is 38.8. The quantitative estimate of drug-likeness (QED) is 0.797. The number of hydrogen-bond donors (Lipinski definition) is 3. The van der Waals surface area contributed by atoms with E-state index in [1.807, 2.05) is 0 Å². The van der Waals surface area contributed by atoms with Crippen molar-refractivity contribution in [3.05, 3.63) is 35.4 Å². The van der Waals surface area contributed by atoms with E-state index in [-0.39, 0.29) is 11.6 Å². The summed E-state index contributed by atoms with van der Waals surface area (Å²) >= 11 is 0. The van der Waals surface area contributed by atoms with Gasteiger partial charge in [-0.25, -0.2) is 4.68 Å². The first-order valence-electron chi connectivity index (χ1n) is 5.85. The molecule has 0 radical (unpaired) electrons. The highest BCUT2D eigenvalue weighted by molar-refractivity contribution is 5.58. The number of nitrogen functional groups attached to an aromatic ring is 2. The van der Waals surface area contributed by atoms with Crippen molar-refractivity contribution in [2.75, 3.05) is 18.0 Å². The fourth-order valence-electron chi connectivity index (χ4n) is 1.87. The summed E-state index contributed by atoms with van der Waals surface area (Å²) in [4.78, 5) is 0. The van der Waals surface area contributed by atoms with E-state index < -0.39 is 11.7 Å². The average molecular weight is 285 g/mol. The van der Waals surface area contributed by atoms with E-state index >= 15 is 0 Å². The summed E-state index contributed by atoms with van der Waals surface area (Å²) in [6.07, 6.45) is -3.92. The predicted molar refractivity (Wildman–Crippen MR) is 70.1 cm³/mol. The summed E-state index contributed by atoms with van der Waals surface area (Å²) in [5.74, 6) is 0.514. The highest BCUT2D eigenvalue weighted by Gasteiger charge is 2.30. The van der Waals surface area contributed by atoms with Gasteiger partial charge in [0.05, 0.1) is 11.3 Å². The van der Waals surface area contributed by atoms with Gasteiger partial charge in [0.15, 0.2) is 5.82 Å². The smallest absolute Gasteiger partial charge is 0.383 e. The molecule has 0 amide bonds. The third-order valence-corrected chi connectivity index (χ3v) is 2.89. The maximum absolute atomic E-state index is 12.5. The maximum Gasteiger partial charge on any atom is 0.416 e.